The van der Waals surface area contributed by atoms with E-state index in [1.165, 1.54) is 0 Å². The summed E-state index contributed by atoms with van der Waals surface area (Å²) in [6.45, 7) is 7.60. The Labute approximate surface area is 157 Å². The van der Waals surface area contributed by atoms with E-state index in [1.54, 1.807) is 0 Å². The summed E-state index contributed by atoms with van der Waals surface area (Å²) >= 11 is 2.24. The van der Waals surface area contributed by atoms with E-state index in [0.29, 0.717) is 13.0 Å². The van der Waals surface area contributed by atoms with Crippen molar-refractivity contribution in [3.63, 3.8) is 0 Å². The minimum absolute atomic E-state index is 0.0937. The third kappa shape index (κ3) is 5.65. The molecule has 1 N–H and O–H groups in total. The van der Waals surface area contributed by atoms with Gasteiger partial charge in [0.25, 0.3) is 5.91 Å². The third-order valence-corrected chi connectivity index (χ3v) is 4.42. The van der Waals surface area contributed by atoms with E-state index in [1.807, 2.05) is 43.9 Å². The maximum atomic E-state index is 12.7. The third-order valence-electron chi connectivity index (χ3n) is 3.75. The molecule has 1 saturated heterocycles. The molecule has 0 unspecified atom stereocenters. The first-order valence-electron chi connectivity index (χ1n) is 8.31. The highest BCUT2D eigenvalue weighted by molar-refractivity contribution is 14.1. The Balaban J connectivity index is 2.00. The topological polar surface area (TPSA) is 58.6 Å². The van der Waals surface area contributed by atoms with E-state index < -0.39 is 11.7 Å². The van der Waals surface area contributed by atoms with Crippen LogP contribution in [0.4, 0.5) is 4.79 Å². The summed E-state index contributed by atoms with van der Waals surface area (Å²) in [5, 5.41) is 2.75. The van der Waals surface area contributed by atoms with Gasteiger partial charge in [-0.1, -0.05) is 0 Å². The number of nitrogens with one attached hydrogen (secondary N) is 1. The minimum Gasteiger partial charge on any atom is -0.444 e. The molecule has 1 aliphatic heterocycles. The lowest BCUT2D eigenvalue weighted by molar-refractivity contribution is 0.0528. The van der Waals surface area contributed by atoms with Gasteiger partial charge in [0, 0.05) is 28.8 Å². The smallest absolute Gasteiger partial charge is 0.407 e. The second-order valence-electron chi connectivity index (χ2n) is 6.98. The maximum Gasteiger partial charge on any atom is 0.407 e. The fraction of sp³-hybridized carbons (Fsp3) is 0.556. The Morgan fingerprint density at radius 2 is 1.92 bits per heavy atom. The Kier molecular flexibility index (Phi) is 6.48. The fourth-order valence-electron chi connectivity index (χ4n) is 2.68. The van der Waals surface area contributed by atoms with Crippen LogP contribution in [0.2, 0.25) is 0 Å². The SMILES string of the molecule is CC(C)(C)OC(=O)NCCc1cc(I)ccc1C(=O)N1CCCC1. The molecular formula is C18H25IN2O3. The summed E-state index contributed by atoms with van der Waals surface area (Å²) < 4.78 is 6.31. The highest BCUT2D eigenvalue weighted by Crippen LogP contribution is 2.19. The predicted octanol–water partition coefficient (Wildman–Crippen LogP) is 3.59. The number of hydrogen-bond donors (Lipinski definition) is 1. The van der Waals surface area contributed by atoms with Crippen molar-refractivity contribution in [1.29, 1.82) is 0 Å². The second kappa shape index (κ2) is 8.18. The first-order chi connectivity index (χ1) is 11.3. The van der Waals surface area contributed by atoms with Crippen LogP contribution < -0.4 is 5.32 Å². The van der Waals surface area contributed by atoms with Crippen LogP contribution in [0, 0.1) is 3.57 Å². The predicted molar refractivity (Wildman–Crippen MR) is 102 cm³/mol. The van der Waals surface area contributed by atoms with Crippen LogP contribution in [-0.4, -0.2) is 42.1 Å². The summed E-state index contributed by atoms with van der Waals surface area (Å²) in [7, 11) is 0. The van der Waals surface area contributed by atoms with Gasteiger partial charge in [-0.25, -0.2) is 4.79 Å². The molecular weight excluding hydrogens is 419 g/mol. The molecule has 2 amide bonds. The van der Waals surface area contributed by atoms with Gasteiger partial charge < -0.3 is 15.0 Å². The molecule has 24 heavy (non-hydrogen) atoms. The van der Waals surface area contributed by atoms with Gasteiger partial charge in [0.2, 0.25) is 0 Å². The van der Waals surface area contributed by atoms with E-state index in [-0.39, 0.29) is 5.91 Å². The zero-order valence-corrected chi connectivity index (χ0v) is 16.7. The molecule has 1 aliphatic rings. The van der Waals surface area contributed by atoms with Gasteiger partial charge in [-0.15, -0.1) is 0 Å². The van der Waals surface area contributed by atoms with Gasteiger partial charge in [0.15, 0.2) is 0 Å². The summed E-state index contributed by atoms with van der Waals surface area (Å²) in [4.78, 5) is 26.3. The number of carbonyl (C=O) groups excluding carboxylic acids is 2. The molecule has 5 nitrogen and oxygen atoms in total. The van der Waals surface area contributed by atoms with E-state index in [9.17, 15) is 9.59 Å². The number of benzene rings is 1. The van der Waals surface area contributed by atoms with Gasteiger partial charge in [0.1, 0.15) is 5.60 Å². The largest absolute Gasteiger partial charge is 0.444 e. The monoisotopic (exact) mass is 444 g/mol. The molecule has 1 heterocycles. The molecule has 0 aromatic heterocycles. The summed E-state index contributed by atoms with van der Waals surface area (Å²) in [6.07, 6.45) is 2.32. The highest BCUT2D eigenvalue weighted by atomic mass is 127. The van der Waals surface area contributed by atoms with Crippen LogP contribution in [0.15, 0.2) is 18.2 Å². The molecule has 0 radical (unpaired) electrons. The lowest BCUT2D eigenvalue weighted by Crippen LogP contribution is -2.34. The first kappa shape index (κ1) is 19.0. The number of likely N-dealkylation sites (tertiary alicyclic amines) is 1. The highest BCUT2D eigenvalue weighted by Gasteiger charge is 2.22. The van der Waals surface area contributed by atoms with Crippen molar-refractivity contribution in [3.05, 3.63) is 32.9 Å². The maximum absolute atomic E-state index is 12.7. The average molecular weight is 444 g/mol. The lowest BCUT2D eigenvalue weighted by Gasteiger charge is -2.20. The number of alkyl carbamates (subject to hydrolysis) is 1. The Hall–Kier alpha value is -1.31. The summed E-state index contributed by atoms with van der Waals surface area (Å²) in [5.41, 5.74) is 1.20. The van der Waals surface area contributed by atoms with Gasteiger partial charge in [0.05, 0.1) is 0 Å². The van der Waals surface area contributed by atoms with Crippen LogP contribution in [0.3, 0.4) is 0 Å². The lowest BCUT2D eigenvalue weighted by atomic mass is 10.0. The van der Waals surface area contributed by atoms with Crippen LogP contribution in [0.25, 0.3) is 0 Å². The van der Waals surface area contributed by atoms with Crippen molar-refractivity contribution in [2.45, 2.75) is 45.6 Å². The minimum atomic E-state index is -0.511. The number of rotatable bonds is 4. The van der Waals surface area contributed by atoms with Crippen LogP contribution in [-0.2, 0) is 11.2 Å². The number of nitrogens with zero attached hydrogens (tertiary/aromatic N) is 1. The fourth-order valence-corrected chi connectivity index (χ4v) is 3.24. The van der Waals surface area contributed by atoms with Gasteiger partial charge in [-0.3, -0.25) is 4.79 Å². The molecule has 0 aliphatic carbocycles. The van der Waals surface area contributed by atoms with Crippen molar-refractivity contribution in [2.24, 2.45) is 0 Å². The Morgan fingerprint density at radius 3 is 2.54 bits per heavy atom. The van der Waals surface area contributed by atoms with Gasteiger partial charge >= 0.3 is 6.09 Å². The summed E-state index contributed by atoms with van der Waals surface area (Å²) in [5.74, 6) is 0.0937. The number of halogens is 1. The number of carbonyl (C=O) groups is 2. The average Bonchev–Trinajstić information content (AvgIpc) is 2.99. The Bertz CT molecular complexity index is 605. The molecule has 1 fully saturated rings. The van der Waals surface area contributed by atoms with Crippen LogP contribution in [0.5, 0.6) is 0 Å². The number of hydrogen-bond acceptors (Lipinski definition) is 3. The second-order valence-corrected chi connectivity index (χ2v) is 8.23. The van der Waals surface area contributed by atoms with E-state index >= 15 is 0 Å². The van der Waals surface area contributed by atoms with Crippen LogP contribution >= 0.6 is 22.6 Å². The molecule has 132 valence electrons. The van der Waals surface area contributed by atoms with Crippen molar-refractivity contribution in [1.82, 2.24) is 10.2 Å². The normalized spacial score (nSPS) is 14.6. The van der Waals surface area contributed by atoms with E-state index in [2.05, 4.69) is 27.9 Å². The molecule has 1 aromatic carbocycles. The van der Waals surface area contributed by atoms with Crippen LogP contribution in [0.1, 0.15) is 49.5 Å². The number of amides is 2. The quantitative estimate of drug-likeness (QED) is 0.723. The number of ether oxygens (including phenoxy) is 1. The molecule has 0 bridgehead atoms. The van der Waals surface area contributed by atoms with E-state index in [0.717, 1.165) is 40.6 Å². The molecule has 0 atom stereocenters. The Morgan fingerprint density at radius 1 is 1.25 bits per heavy atom. The zero-order chi connectivity index (χ0) is 17.7. The summed E-state index contributed by atoms with van der Waals surface area (Å²) in [6, 6.07) is 5.86. The van der Waals surface area contributed by atoms with E-state index in [4.69, 9.17) is 4.74 Å². The van der Waals surface area contributed by atoms with Gasteiger partial charge in [-0.05, 0) is 86.4 Å². The molecule has 0 saturated carbocycles. The molecule has 2 rings (SSSR count). The standard InChI is InChI=1S/C18H25IN2O3/c1-18(2,3)24-17(23)20-9-8-13-12-14(19)6-7-15(13)16(22)21-10-4-5-11-21/h6-7,12H,4-5,8-11H2,1-3H3,(H,20,23). The van der Waals surface area contributed by atoms with Gasteiger partial charge in [-0.2, -0.15) is 0 Å². The van der Waals surface area contributed by atoms with Crippen molar-refractivity contribution in [2.75, 3.05) is 19.6 Å². The molecule has 6 heteroatoms. The molecule has 0 spiro atoms. The first-order valence-corrected chi connectivity index (χ1v) is 9.39. The van der Waals surface area contributed by atoms with Crippen molar-refractivity contribution in [3.8, 4) is 0 Å². The van der Waals surface area contributed by atoms with Crippen molar-refractivity contribution >= 4 is 34.6 Å². The molecule has 1 aromatic rings. The zero-order valence-electron chi connectivity index (χ0n) is 14.5. The van der Waals surface area contributed by atoms with Crippen molar-refractivity contribution < 1.29 is 14.3 Å².